The smallest absolute Gasteiger partial charge is 0.291 e. The zero-order chi connectivity index (χ0) is 20.1. The van der Waals surface area contributed by atoms with Crippen LogP contribution < -0.4 is 15.5 Å². The number of hydrogen-bond donors (Lipinski definition) is 2. The monoisotopic (exact) mass is 388 g/mol. The van der Waals surface area contributed by atoms with Crippen LogP contribution in [0.3, 0.4) is 0 Å². The molecule has 3 aromatic rings. The molecule has 148 valence electrons. The number of fused-ring (bicyclic) bond motifs is 1. The first-order valence-electron chi connectivity index (χ1n) is 9.82. The van der Waals surface area contributed by atoms with Gasteiger partial charge in [-0.05, 0) is 54.8 Å². The van der Waals surface area contributed by atoms with Gasteiger partial charge in [0, 0.05) is 24.5 Å². The normalized spacial score (nSPS) is 13.3. The van der Waals surface area contributed by atoms with Crippen molar-refractivity contribution < 1.29 is 9.21 Å². The van der Waals surface area contributed by atoms with Crippen molar-refractivity contribution in [2.45, 2.75) is 19.9 Å². The fourth-order valence-corrected chi connectivity index (χ4v) is 3.41. The van der Waals surface area contributed by atoms with Crippen LogP contribution in [-0.2, 0) is 13.0 Å². The van der Waals surface area contributed by atoms with E-state index in [1.165, 1.54) is 17.5 Å². The molecule has 2 aromatic carbocycles. The van der Waals surface area contributed by atoms with Crippen LogP contribution >= 0.6 is 0 Å². The standard InChI is InChI=1S/C23H24N4O2/c1-2-24-23(27-14-13-18-6-3-4-7-20(18)27)25-16-17-9-11-19(12-10-17)26-22(28)21-8-5-15-29-21/h3-12,15H,2,13-14,16H2,1H3,(H,24,25)(H,26,28). The van der Waals surface area contributed by atoms with Gasteiger partial charge < -0.3 is 20.0 Å². The molecule has 0 atom stereocenters. The van der Waals surface area contributed by atoms with Gasteiger partial charge in [-0.2, -0.15) is 0 Å². The number of guanidine groups is 1. The van der Waals surface area contributed by atoms with Crippen molar-refractivity contribution in [2.75, 3.05) is 23.3 Å². The molecular weight excluding hydrogens is 364 g/mol. The Balaban J connectivity index is 1.43. The van der Waals surface area contributed by atoms with Crippen molar-refractivity contribution in [3.05, 3.63) is 83.8 Å². The Morgan fingerprint density at radius 1 is 1.10 bits per heavy atom. The summed E-state index contributed by atoms with van der Waals surface area (Å²) in [4.78, 5) is 19.1. The first-order chi connectivity index (χ1) is 14.2. The van der Waals surface area contributed by atoms with E-state index in [4.69, 9.17) is 9.41 Å². The number of benzene rings is 2. The maximum Gasteiger partial charge on any atom is 0.291 e. The third-order valence-corrected chi connectivity index (χ3v) is 4.85. The lowest BCUT2D eigenvalue weighted by Gasteiger charge is -2.22. The minimum Gasteiger partial charge on any atom is -0.459 e. The largest absolute Gasteiger partial charge is 0.459 e. The summed E-state index contributed by atoms with van der Waals surface area (Å²) in [6.07, 6.45) is 2.52. The van der Waals surface area contributed by atoms with Gasteiger partial charge in [0.15, 0.2) is 11.7 Å². The highest BCUT2D eigenvalue weighted by atomic mass is 16.3. The number of nitrogens with zero attached hydrogens (tertiary/aromatic N) is 2. The third-order valence-electron chi connectivity index (χ3n) is 4.85. The Kier molecular flexibility index (Phi) is 5.61. The SMILES string of the molecule is CCNC(=NCc1ccc(NC(=O)c2ccco2)cc1)N1CCc2ccccc21. The summed E-state index contributed by atoms with van der Waals surface area (Å²) >= 11 is 0. The molecule has 1 aliphatic rings. The van der Waals surface area contributed by atoms with Gasteiger partial charge in [-0.15, -0.1) is 0 Å². The highest BCUT2D eigenvalue weighted by Crippen LogP contribution is 2.27. The average Bonchev–Trinajstić information content (AvgIpc) is 3.42. The number of furan rings is 1. The molecule has 0 spiro atoms. The van der Waals surface area contributed by atoms with Crippen LogP contribution in [0.25, 0.3) is 0 Å². The van der Waals surface area contributed by atoms with Gasteiger partial charge in [-0.1, -0.05) is 30.3 Å². The van der Waals surface area contributed by atoms with E-state index in [1.54, 1.807) is 12.1 Å². The second-order valence-corrected chi connectivity index (χ2v) is 6.83. The molecule has 2 N–H and O–H groups in total. The quantitative estimate of drug-likeness (QED) is 0.511. The maximum atomic E-state index is 12.1. The average molecular weight is 388 g/mol. The second-order valence-electron chi connectivity index (χ2n) is 6.83. The molecule has 0 bridgehead atoms. The van der Waals surface area contributed by atoms with E-state index in [-0.39, 0.29) is 5.91 Å². The molecule has 6 nitrogen and oxygen atoms in total. The Morgan fingerprint density at radius 3 is 2.69 bits per heavy atom. The minimum atomic E-state index is -0.261. The van der Waals surface area contributed by atoms with Crippen LogP contribution in [0.1, 0.15) is 28.6 Å². The number of carbonyl (C=O) groups is 1. The molecule has 1 aliphatic heterocycles. The van der Waals surface area contributed by atoms with Gasteiger partial charge in [0.2, 0.25) is 0 Å². The molecule has 0 saturated heterocycles. The van der Waals surface area contributed by atoms with Crippen LogP contribution in [0.4, 0.5) is 11.4 Å². The van der Waals surface area contributed by atoms with Crippen molar-refractivity contribution in [1.82, 2.24) is 5.32 Å². The molecule has 4 rings (SSSR count). The first-order valence-corrected chi connectivity index (χ1v) is 9.82. The Morgan fingerprint density at radius 2 is 1.93 bits per heavy atom. The topological polar surface area (TPSA) is 69.9 Å². The van der Waals surface area contributed by atoms with Gasteiger partial charge in [-0.3, -0.25) is 4.79 Å². The summed E-state index contributed by atoms with van der Waals surface area (Å²) in [6.45, 7) is 4.39. The zero-order valence-corrected chi connectivity index (χ0v) is 16.4. The lowest BCUT2D eigenvalue weighted by atomic mass is 10.2. The van der Waals surface area contributed by atoms with E-state index in [1.807, 2.05) is 24.3 Å². The lowest BCUT2D eigenvalue weighted by molar-refractivity contribution is 0.0996. The summed E-state index contributed by atoms with van der Waals surface area (Å²) in [5.74, 6) is 0.926. The number of hydrogen-bond acceptors (Lipinski definition) is 3. The van der Waals surface area contributed by atoms with Crippen molar-refractivity contribution in [3.8, 4) is 0 Å². The maximum absolute atomic E-state index is 12.1. The highest BCUT2D eigenvalue weighted by molar-refractivity contribution is 6.02. The Bertz CT molecular complexity index is 994. The number of nitrogens with one attached hydrogen (secondary N) is 2. The van der Waals surface area contributed by atoms with Crippen molar-refractivity contribution in [3.63, 3.8) is 0 Å². The lowest BCUT2D eigenvalue weighted by Crippen LogP contribution is -2.40. The highest BCUT2D eigenvalue weighted by Gasteiger charge is 2.22. The molecule has 1 amide bonds. The minimum absolute atomic E-state index is 0.261. The van der Waals surface area contributed by atoms with Crippen LogP contribution in [-0.4, -0.2) is 25.0 Å². The van der Waals surface area contributed by atoms with Crippen molar-refractivity contribution in [2.24, 2.45) is 4.99 Å². The molecule has 0 saturated carbocycles. The fraction of sp³-hybridized carbons (Fsp3) is 0.217. The molecule has 1 aromatic heterocycles. The predicted octanol–water partition coefficient (Wildman–Crippen LogP) is 4.06. The number of aliphatic imine (C=N–C) groups is 1. The summed E-state index contributed by atoms with van der Waals surface area (Å²) in [6, 6.07) is 19.5. The van der Waals surface area contributed by atoms with Crippen LogP contribution in [0.5, 0.6) is 0 Å². The summed E-state index contributed by atoms with van der Waals surface area (Å²) < 4.78 is 5.11. The molecule has 0 unspecified atom stereocenters. The number of anilines is 2. The van der Waals surface area contributed by atoms with Crippen LogP contribution in [0, 0.1) is 0 Å². The van der Waals surface area contributed by atoms with Gasteiger partial charge in [0.1, 0.15) is 0 Å². The predicted molar refractivity (Wildman–Crippen MR) is 115 cm³/mol. The van der Waals surface area contributed by atoms with Crippen LogP contribution in [0.2, 0.25) is 0 Å². The van der Waals surface area contributed by atoms with E-state index in [2.05, 4.69) is 46.7 Å². The third kappa shape index (κ3) is 4.32. The summed E-state index contributed by atoms with van der Waals surface area (Å²) in [5.41, 5.74) is 4.38. The Labute approximate surface area is 170 Å². The second kappa shape index (κ2) is 8.65. The molecule has 0 fully saturated rings. The van der Waals surface area contributed by atoms with Gasteiger partial charge in [0.25, 0.3) is 5.91 Å². The van der Waals surface area contributed by atoms with E-state index < -0.39 is 0 Å². The molecule has 0 aliphatic carbocycles. The molecule has 29 heavy (non-hydrogen) atoms. The molecule has 2 heterocycles. The summed E-state index contributed by atoms with van der Waals surface area (Å²) in [5, 5.41) is 6.22. The molecule has 0 radical (unpaired) electrons. The van der Waals surface area contributed by atoms with E-state index in [0.717, 1.165) is 36.7 Å². The fourth-order valence-electron chi connectivity index (χ4n) is 3.41. The van der Waals surface area contributed by atoms with Gasteiger partial charge in [-0.25, -0.2) is 4.99 Å². The van der Waals surface area contributed by atoms with Gasteiger partial charge >= 0.3 is 0 Å². The number of para-hydroxylation sites is 1. The van der Waals surface area contributed by atoms with E-state index in [0.29, 0.717) is 12.3 Å². The molecular formula is C23H24N4O2. The van der Waals surface area contributed by atoms with Crippen LogP contribution in [0.15, 0.2) is 76.3 Å². The first kappa shape index (κ1) is 18.8. The number of amides is 1. The van der Waals surface area contributed by atoms with E-state index >= 15 is 0 Å². The number of carbonyl (C=O) groups excluding carboxylic acids is 1. The van der Waals surface area contributed by atoms with E-state index in [9.17, 15) is 4.79 Å². The molecule has 6 heteroatoms. The summed E-state index contributed by atoms with van der Waals surface area (Å²) in [7, 11) is 0. The number of rotatable bonds is 5. The Hall–Kier alpha value is -3.54. The van der Waals surface area contributed by atoms with Crippen molar-refractivity contribution in [1.29, 1.82) is 0 Å². The van der Waals surface area contributed by atoms with Gasteiger partial charge in [0.05, 0.1) is 12.8 Å². The zero-order valence-electron chi connectivity index (χ0n) is 16.4. The van der Waals surface area contributed by atoms with Crippen molar-refractivity contribution >= 4 is 23.2 Å².